The van der Waals surface area contributed by atoms with E-state index in [4.69, 9.17) is 11.6 Å². The van der Waals surface area contributed by atoms with Gasteiger partial charge in [-0.05, 0) is 66.4 Å². The van der Waals surface area contributed by atoms with Crippen molar-refractivity contribution >= 4 is 50.2 Å². The standard InChI is InChI=1S/C17H18BrClFNOS2/c1-9-13-12(23-16(9)19)8-21(24(22)17(2,3)4)15(13)10-6-5-7-11(20)14(10)18/h5-7,15H,8H2,1-4H3. The third-order valence-electron chi connectivity index (χ3n) is 4.09. The van der Waals surface area contributed by atoms with Crippen LogP contribution in [0.5, 0.6) is 0 Å². The highest BCUT2D eigenvalue weighted by atomic mass is 79.9. The second kappa shape index (κ2) is 6.56. The number of fused-ring (bicyclic) bond motifs is 1. The van der Waals surface area contributed by atoms with Crippen LogP contribution in [0.25, 0.3) is 0 Å². The number of rotatable bonds is 2. The first-order chi connectivity index (χ1) is 11.1. The number of thiophene rings is 1. The van der Waals surface area contributed by atoms with Crippen LogP contribution < -0.4 is 0 Å². The van der Waals surface area contributed by atoms with Gasteiger partial charge in [-0.15, -0.1) is 15.6 Å². The summed E-state index contributed by atoms with van der Waals surface area (Å²) in [5.74, 6) is -0.318. The second-order valence-electron chi connectivity index (χ2n) is 6.82. The number of benzene rings is 1. The van der Waals surface area contributed by atoms with Crippen molar-refractivity contribution < 1.29 is 8.94 Å². The van der Waals surface area contributed by atoms with Crippen molar-refractivity contribution in [2.24, 2.45) is 0 Å². The topological polar surface area (TPSA) is 26.3 Å². The Morgan fingerprint density at radius 2 is 2.08 bits per heavy atom. The maximum atomic E-state index is 14.1. The van der Waals surface area contributed by atoms with E-state index in [2.05, 4.69) is 15.9 Å². The van der Waals surface area contributed by atoms with E-state index in [1.807, 2.05) is 38.1 Å². The molecule has 1 aliphatic rings. The van der Waals surface area contributed by atoms with Gasteiger partial charge in [0.1, 0.15) is 16.6 Å². The van der Waals surface area contributed by atoms with E-state index in [-0.39, 0.29) is 11.9 Å². The molecule has 2 aromatic rings. The van der Waals surface area contributed by atoms with Gasteiger partial charge in [0.25, 0.3) is 0 Å². The highest BCUT2D eigenvalue weighted by molar-refractivity contribution is 9.10. The summed E-state index contributed by atoms with van der Waals surface area (Å²) in [5, 5.41) is 0. The second-order valence-corrected chi connectivity index (χ2v) is 11.5. The van der Waals surface area contributed by atoms with Crippen molar-refractivity contribution in [2.75, 3.05) is 0 Å². The van der Waals surface area contributed by atoms with Gasteiger partial charge < -0.3 is 4.55 Å². The van der Waals surface area contributed by atoms with Crippen molar-refractivity contribution in [1.82, 2.24) is 4.31 Å². The summed E-state index contributed by atoms with van der Waals surface area (Å²) in [5.41, 5.74) is 2.84. The molecule has 0 saturated heterocycles. The zero-order valence-electron chi connectivity index (χ0n) is 13.8. The van der Waals surface area contributed by atoms with Gasteiger partial charge in [-0.25, -0.2) is 4.39 Å². The van der Waals surface area contributed by atoms with E-state index < -0.39 is 16.1 Å². The number of hydrogen-bond acceptors (Lipinski definition) is 3. The molecular weight excluding hydrogens is 433 g/mol. The molecule has 1 aromatic carbocycles. The summed E-state index contributed by atoms with van der Waals surface area (Å²) in [6.07, 6.45) is 0. The quantitative estimate of drug-likeness (QED) is 0.526. The summed E-state index contributed by atoms with van der Waals surface area (Å²) < 4.78 is 29.9. The van der Waals surface area contributed by atoms with Gasteiger partial charge in [0, 0.05) is 16.2 Å². The Hall–Kier alpha value is -0.110. The van der Waals surface area contributed by atoms with Crippen LogP contribution in [0.15, 0.2) is 22.7 Å². The monoisotopic (exact) mass is 449 g/mol. The van der Waals surface area contributed by atoms with Gasteiger partial charge in [0.05, 0.1) is 15.4 Å². The predicted molar refractivity (Wildman–Crippen MR) is 103 cm³/mol. The molecule has 2 atom stereocenters. The van der Waals surface area contributed by atoms with Crippen LogP contribution in [-0.4, -0.2) is 13.6 Å². The average Bonchev–Trinajstić information content (AvgIpc) is 2.98. The lowest BCUT2D eigenvalue weighted by Gasteiger charge is -2.34. The fourth-order valence-corrected chi connectivity index (χ4v) is 6.32. The maximum Gasteiger partial charge on any atom is 0.137 e. The average molecular weight is 451 g/mol. The SMILES string of the molecule is Cc1c(Cl)sc2c1C(c1cccc(F)c1Br)N([S+]([O-])C(C)(C)C)C2. The molecule has 1 aromatic heterocycles. The molecule has 2 nitrogen and oxygen atoms in total. The van der Waals surface area contributed by atoms with Gasteiger partial charge in [-0.2, -0.15) is 0 Å². The summed E-state index contributed by atoms with van der Waals surface area (Å²) in [6, 6.07) is 4.72. The van der Waals surface area contributed by atoms with Crippen molar-refractivity contribution in [3.63, 3.8) is 0 Å². The largest absolute Gasteiger partial charge is 0.597 e. The van der Waals surface area contributed by atoms with Crippen LogP contribution in [0, 0.1) is 12.7 Å². The van der Waals surface area contributed by atoms with Crippen molar-refractivity contribution in [2.45, 2.75) is 45.0 Å². The molecule has 0 amide bonds. The molecule has 0 radical (unpaired) electrons. The molecule has 1 aliphatic heterocycles. The fourth-order valence-electron chi connectivity index (χ4n) is 2.95. The Labute approximate surface area is 162 Å². The first-order valence-electron chi connectivity index (χ1n) is 7.53. The van der Waals surface area contributed by atoms with Crippen LogP contribution in [0.3, 0.4) is 0 Å². The minimum absolute atomic E-state index is 0.270. The normalized spacial score (nSPS) is 19.6. The van der Waals surface area contributed by atoms with E-state index in [0.29, 0.717) is 11.0 Å². The number of hydrogen-bond donors (Lipinski definition) is 0. The molecule has 0 aliphatic carbocycles. The zero-order valence-corrected chi connectivity index (χ0v) is 17.8. The molecule has 0 fully saturated rings. The summed E-state index contributed by atoms with van der Waals surface area (Å²) >= 11 is 10.00. The molecule has 0 N–H and O–H groups in total. The van der Waals surface area contributed by atoms with Crippen LogP contribution in [-0.2, 0) is 17.9 Å². The maximum absolute atomic E-state index is 14.1. The Bertz CT molecular complexity index is 790. The Morgan fingerprint density at radius 3 is 2.71 bits per heavy atom. The van der Waals surface area contributed by atoms with Crippen LogP contribution in [0.4, 0.5) is 4.39 Å². The molecule has 0 spiro atoms. The van der Waals surface area contributed by atoms with Gasteiger partial charge in [-0.1, -0.05) is 23.7 Å². The minimum Gasteiger partial charge on any atom is -0.597 e. The first kappa shape index (κ1) is 18.7. The van der Waals surface area contributed by atoms with Gasteiger partial charge in [0.15, 0.2) is 0 Å². The molecule has 2 unspecified atom stereocenters. The number of nitrogens with zero attached hydrogens (tertiary/aromatic N) is 1. The van der Waals surface area contributed by atoms with Gasteiger partial charge in [-0.3, -0.25) is 0 Å². The van der Waals surface area contributed by atoms with E-state index in [1.165, 1.54) is 17.4 Å². The third-order valence-corrected chi connectivity index (χ3v) is 8.33. The van der Waals surface area contributed by atoms with E-state index in [0.717, 1.165) is 25.9 Å². The molecular formula is C17H18BrClFNOS2. The van der Waals surface area contributed by atoms with Gasteiger partial charge >= 0.3 is 0 Å². The van der Waals surface area contributed by atoms with Crippen molar-refractivity contribution in [3.8, 4) is 0 Å². The molecule has 0 saturated carbocycles. The molecule has 3 rings (SSSR count). The van der Waals surface area contributed by atoms with Crippen LogP contribution in [0.2, 0.25) is 4.34 Å². The highest BCUT2D eigenvalue weighted by Crippen LogP contribution is 2.50. The van der Waals surface area contributed by atoms with E-state index in [9.17, 15) is 8.94 Å². The van der Waals surface area contributed by atoms with Crippen molar-refractivity contribution in [1.29, 1.82) is 0 Å². The summed E-state index contributed by atoms with van der Waals surface area (Å²) in [7, 11) is 0. The van der Waals surface area contributed by atoms with Gasteiger partial charge in [0.2, 0.25) is 0 Å². The van der Waals surface area contributed by atoms with E-state index >= 15 is 0 Å². The molecule has 130 valence electrons. The fraction of sp³-hybridized carbons (Fsp3) is 0.412. The Kier molecular flexibility index (Phi) is 5.10. The zero-order chi connectivity index (χ0) is 17.8. The van der Waals surface area contributed by atoms with E-state index in [1.54, 1.807) is 6.07 Å². The predicted octanol–water partition coefficient (Wildman–Crippen LogP) is 5.98. The smallest absolute Gasteiger partial charge is 0.137 e. The summed E-state index contributed by atoms with van der Waals surface area (Å²) in [6.45, 7) is 8.39. The minimum atomic E-state index is -1.22. The van der Waals surface area contributed by atoms with Crippen LogP contribution in [0.1, 0.15) is 48.4 Å². The molecule has 7 heteroatoms. The highest BCUT2D eigenvalue weighted by Gasteiger charge is 2.46. The Balaban J connectivity index is 2.18. The lowest BCUT2D eigenvalue weighted by atomic mass is 9.99. The third kappa shape index (κ3) is 3.06. The molecule has 2 heterocycles. The van der Waals surface area contributed by atoms with Crippen LogP contribution >= 0.6 is 38.9 Å². The Morgan fingerprint density at radius 1 is 1.42 bits per heavy atom. The lowest BCUT2D eigenvalue weighted by Crippen LogP contribution is -2.42. The first-order valence-corrected chi connectivity index (χ1v) is 10.6. The lowest BCUT2D eigenvalue weighted by molar-refractivity contribution is 0.370. The molecule has 0 bridgehead atoms. The van der Waals surface area contributed by atoms with Crippen molar-refractivity contribution in [3.05, 3.63) is 54.4 Å². The number of halogens is 3. The molecule has 24 heavy (non-hydrogen) atoms. The summed E-state index contributed by atoms with van der Waals surface area (Å²) in [4.78, 5) is 1.11.